The monoisotopic (exact) mass is 451 g/mol. The third-order valence-electron chi connectivity index (χ3n) is 4.19. The van der Waals surface area contributed by atoms with E-state index >= 15 is 0 Å². The molecule has 2 aromatic rings. The van der Waals surface area contributed by atoms with Crippen LogP contribution in [-0.4, -0.2) is 36.4 Å². The second-order valence-corrected chi connectivity index (χ2v) is 6.76. The second kappa shape index (κ2) is 10.5. The van der Waals surface area contributed by atoms with E-state index in [1.54, 1.807) is 24.3 Å². The van der Waals surface area contributed by atoms with Gasteiger partial charge in [0.1, 0.15) is 11.3 Å². The van der Waals surface area contributed by atoms with Crippen molar-refractivity contribution < 1.29 is 35.8 Å². The molecule has 0 N–H and O–H groups in total. The number of alkyl halides is 6. The lowest BCUT2D eigenvalue weighted by molar-refractivity contribution is -0.159. The highest BCUT2D eigenvalue weighted by molar-refractivity contribution is 5.59. The van der Waals surface area contributed by atoms with E-state index in [4.69, 9.17) is 4.74 Å². The van der Waals surface area contributed by atoms with Gasteiger partial charge in [-0.2, -0.15) is 31.3 Å². The molecule has 0 radical (unpaired) electrons. The summed E-state index contributed by atoms with van der Waals surface area (Å²) in [4.78, 5) is 8.54. The number of rotatable bonds is 10. The van der Waals surface area contributed by atoms with Crippen LogP contribution in [0.15, 0.2) is 30.5 Å². The molecule has 5 nitrogen and oxygen atoms in total. The minimum Gasteiger partial charge on any atom is -0.494 e. The quantitative estimate of drug-likeness (QED) is 0.320. The van der Waals surface area contributed by atoms with E-state index in [2.05, 4.69) is 21.6 Å². The van der Waals surface area contributed by atoms with Crippen LogP contribution in [0.1, 0.15) is 38.2 Å². The Balaban J connectivity index is 2.20. The summed E-state index contributed by atoms with van der Waals surface area (Å²) in [5.41, 5.74) is -1.01. The SMILES string of the molecule is CCCCCCOc1cccc(N(C)c2ncc(C(F)(F)F)c(OCC(F)(F)F)n2)c1. The molecule has 31 heavy (non-hydrogen) atoms. The number of nitrogens with zero attached hydrogens (tertiary/aromatic N) is 3. The van der Waals surface area contributed by atoms with Crippen molar-refractivity contribution in [3.63, 3.8) is 0 Å². The van der Waals surface area contributed by atoms with Gasteiger partial charge >= 0.3 is 12.4 Å². The largest absolute Gasteiger partial charge is 0.494 e. The fourth-order valence-corrected chi connectivity index (χ4v) is 2.59. The zero-order valence-corrected chi connectivity index (χ0v) is 17.1. The van der Waals surface area contributed by atoms with Gasteiger partial charge in [0.25, 0.3) is 0 Å². The van der Waals surface area contributed by atoms with Crippen LogP contribution in [0.25, 0.3) is 0 Å². The average molecular weight is 451 g/mol. The van der Waals surface area contributed by atoms with Crippen molar-refractivity contribution in [3.05, 3.63) is 36.0 Å². The molecule has 0 bridgehead atoms. The van der Waals surface area contributed by atoms with Crippen LogP contribution in [0.4, 0.5) is 38.0 Å². The predicted octanol–water partition coefficient (Wildman–Crippen LogP) is 6.16. The van der Waals surface area contributed by atoms with Crippen molar-refractivity contribution >= 4 is 11.6 Å². The van der Waals surface area contributed by atoms with Gasteiger partial charge in [-0.25, -0.2) is 4.98 Å². The van der Waals surface area contributed by atoms with Crippen molar-refractivity contribution in [1.29, 1.82) is 0 Å². The Bertz CT molecular complexity index is 842. The van der Waals surface area contributed by atoms with E-state index in [0.29, 0.717) is 24.2 Å². The Kier molecular flexibility index (Phi) is 8.35. The predicted molar refractivity (Wildman–Crippen MR) is 103 cm³/mol. The molecule has 0 saturated heterocycles. The van der Waals surface area contributed by atoms with Crippen LogP contribution in [0.2, 0.25) is 0 Å². The van der Waals surface area contributed by atoms with E-state index in [9.17, 15) is 26.3 Å². The van der Waals surface area contributed by atoms with Crippen molar-refractivity contribution in [2.24, 2.45) is 0 Å². The summed E-state index contributed by atoms with van der Waals surface area (Å²) in [6.07, 6.45) is -5.25. The number of aromatic nitrogens is 2. The maximum atomic E-state index is 13.1. The summed E-state index contributed by atoms with van der Waals surface area (Å²) >= 11 is 0. The smallest absolute Gasteiger partial charge is 0.423 e. The highest BCUT2D eigenvalue weighted by Crippen LogP contribution is 2.36. The van der Waals surface area contributed by atoms with Crippen LogP contribution >= 0.6 is 0 Å². The van der Waals surface area contributed by atoms with Gasteiger partial charge < -0.3 is 14.4 Å². The normalized spacial score (nSPS) is 12.0. The lowest BCUT2D eigenvalue weighted by Crippen LogP contribution is -2.23. The molecule has 11 heteroatoms. The number of benzene rings is 1. The lowest BCUT2D eigenvalue weighted by atomic mass is 10.2. The van der Waals surface area contributed by atoms with E-state index < -0.39 is 30.4 Å². The van der Waals surface area contributed by atoms with Gasteiger partial charge in [-0.1, -0.05) is 32.3 Å². The van der Waals surface area contributed by atoms with Gasteiger partial charge in [0.2, 0.25) is 11.8 Å². The molecule has 0 saturated carbocycles. The Morgan fingerprint density at radius 3 is 2.39 bits per heavy atom. The molecular weight excluding hydrogens is 428 g/mol. The number of anilines is 2. The first kappa shape index (κ1) is 24.5. The van der Waals surface area contributed by atoms with Gasteiger partial charge in [-0.3, -0.25) is 0 Å². The minimum absolute atomic E-state index is 0.259. The third-order valence-corrected chi connectivity index (χ3v) is 4.19. The third kappa shape index (κ3) is 7.80. The Morgan fingerprint density at radius 1 is 1.00 bits per heavy atom. The molecule has 0 atom stereocenters. The summed E-state index contributed by atoms with van der Waals surface area (Å²) in [6, 6.07) is 6.68. The van der Waals surface area contributed by atoms with E-state index in [1.807, 2.05) is 0 Å². The number of unbranched alkanes of at least 4 members (excludes halogenated alkanes) is 3. The molecule has 1 aromatic heterocycles. The highest BCUT2D eigenvalue weighted by atomic mass is 19.4. The number of halogens is 6. The van der Waals surface area contributed by atoms with Crippen molar-refractivity contribution in [1.82, 2.24) is 9.97 Å². The number of hydrogen-bond acceptors (Lipinski definition) is 5. The molecule has 2 rings (SSSR count). The maximum absolute atomic E-state index is 13.1. The molecule has 0 aliphatic heterocycles. The Labute approximate surface area is 176 Å². The summed E-state index contributed by atoms with van der Waals surface area (Å²) in [5, 5.41) is 0. The van der Waals surface area contributed by atoms with Crippen molar-refractivity contribution in [2.75, 3.05) is 25.2 Å². The van der Waals surface area contributed by atoms with Crippen LogP contribution in [0, 0.1) is 0 Å². The first-order valence-electron chi connectivity index (χ1n) is 9.61. The van der Waals surface area contributed by atoms with Crippen LogP contribution in [0.3, 0.4) is 0 Å². The second-order valence-electron chi connectivity index (χ2n) is 6.76. The van der Waals surface area contributed by atoms with Crippen LogP contribution in [0.5, 0.6) is 11.6 Å². The molecule has 1 heterocycles. The average Bonchev–Trinajstić information content (AvgIpc) is 2.70. The standard InChI is InChI=1S/C20H23F6N3O2/c1-3-4-5-6-10-30-15-9-7-8-14(11-15)29(2)18-27-12-16(20(24,25)26)17(28-18)31-13-19(21,22)23/h7-9,11-12H,3-6,10,13H2,1-2H3. The first-order chi connectivity index (χ1) is 14.5. The van der Waals surface area contributed by atoms with Gasteiger partial charge in [0.05, 0.1) is 6.61 Å². The highest BCUT2D eigenvalue weighted by Gasteiger charge is 2.38. The molecule has 0 aliphatic carbocycles. The molecule has 0 amide bonds. The number of ether oxygens (including phenoxy) is 2. The molecule has 0 fully saturated rings. The lowest BCUT2D eigenvalue weighted by Gasteiger charge is -2.20. The fourth-order valence-electron chi connectivity index (χ4n) is 2.59. The van der Waals surface area contributed by atoms with Gasteiger partial charge in [0.15, 0.2) is 6.61 Å². The summed E-state index contributed by atoms with van der Waals surface area (Å²) in [7, 11) is 1.47. The van der Waals surface area contributed by atoms with Crippen molar-refractivity contribution in [3.8, 4) is 11.6 Å². The fraction of sp³-hybridized carbons (Fsp3) is 0.500. The van der Waals surface area contributed by atoms with Gasteiger partial charge in [-0.05, 0) is 18.6 Å². The van der Waals surface area contributed by atoms with Gasteiger partial charge in [0, 0.05) is 25.0 Å². The van der Waals surface area contributed by atoms with E-state index in [0.717, 1.165) is 25.7 Å². The molecule has 1 aromatic carbocycles. The zero-order valence-electron chi connectivity index (χ0n) is 17.1. The van der Waals surface area contributed by atoms with Crippen LogP contribution in [-0.2, 0) is 6.18 Å². The number of hydrogen-bond donors (Lipinski definition) is 0. The summed E-state index contributed by atoms with van der Waals surface area (Å²) in [6.45, 7) is 0.708. The Hall–Kier alpha value is -2.72. The Morgan fingerprint density at radius 2 is 1.74 bits per heavy atom. The van der Waals surface area contributed by atoms with E-state index in [1.165, 1.54) is 11.9 Å². The molecule has 0 spiro atoms. The van der Waals surface area contributed by atoms with Crippen molar-refractivity contribution in [2.45, 2.75) is 45.0 Å². The summed E-state index contributed by atoms with van der Waals surface area (Å²) in [5.74, 6) is -0.906. The van der Waals surface area contributed by atoms with E-state index in [-0.39, 0.29) is 5.95 Å². The minimum atomic E-state index is -4.97. The molecular formula is C20H23F6N3O2. The van der Waals surface area contributed by atoms with Crippen LogP contribution < -0.4 is 14.4 Å². The first-order valence-corrected chi connectivity index (χ1v) is 9.61. The maximum Gasteiger partial charge on any atom is 0.423 e. The summed E-state index contributed by atoms with van der Waals surface area (Å²) < 4.78 is 86.6. The topological polar surface area (TPSA) is 47.5 Å². The molecule has 0 aliphatic rings. The van der Waals surface area contributed by atoms with Gasteiger partial charge in [-0.15, -0.1) is 0 Å². The molecule has 0 unspecified atom stereocenters. The zero-order chi connectivity index (χ0) is 23.1. The molecule has 172 valence electrons.